The fraction of sp³-hybridized carbons (Fsp3) is 0.353. The van der Waals surface area contributed by atoms with Gasteiger partial charge in [-0.05, 0) is 23.8 Å². The van der Waals surface area contributed by atoms with E-state index in [4.69, 9.17) is 14.2 Å². The van der Waals surface area contributed by atoms with Crippen LogP contribution in [0.25, 0.3) is 6.08 Å². The SMILES string of the molecule is COc1cc(/C=C/C(=O)Nc2nnc(C(C)C)s2)cc(OC)c1OC. The molecule has 2 aromatic rings. The van der Waals surface area contributed by atoms with Crippen LogP contribution >= 0.6 is 11.3 Å². The monoisotopic (exact) mass is 363 g/mol. The van der Waals surface area contributed by atoms with Gasteiger partial charge in [-0.15, -0.1) is 10.2 Å². The van der Waals surface area contributed by atoms with E-state index in [0.29, 0.717) is 22.4 Å². The molecule has 1 aromatic heterocycles. The molecular formula is C17H21N3O4S. The van der Waals surface area contributed by atoms with Crippen LogP contribution in [-0.2, 0) is 4.79 Å². The number of aromatic nitrogens is 2. The van der Waals surface area contributed by atoms with Gasteiger partial charge < -0.3 is 14.2 Å². The highest BCUT2D eigenvalue weighted by Gasteiger charge is 2.12. The van der Waals surface area contributed by atoms with E-state index < -0.39 is 0 Å². The molecule has 25 heavy (non-hydrogen) atoms. The van der Waals surface area contributed by atoms with Gasteiger partial charge >= 0.3 is 0 Å². The van der Waals surface area contributed by atoms with Gasteiger partial charge in [-0.3, -0.25) is 10.1 Å². The number of anilines is 1. The summed E-state index contributed by atoms with van der Waals surface area (Å²) in [5.41, 5.74) is 0.741. The summed E-state index contributed by atoms with van der Waals surface area (Å²) in [6.07, 6.45) is 3.07. The predicted octanol–water partition coefficient (Wildman–Crippen LogP) is 3.34. The van der Waals surface area contributed by atoms with Crippen molar-refractivity contribution < 1.29 is 19.0 Å². The summed E-state index contributed by atoms with van der Waals surface area (Å²) in [5, 5.41) is 12.0. The van der Waals surface area contributed by atoms with Crippen molar-refractivity contribution in [1.29, 1.82) is 0 Å². The number of carbonyl (C=O) groups is 1. The van der Waals surface area contributed by atoms with Gasteiger partial charge in [-0.1, -0.05) is 25.2 Å². The molecule has 134 valence electrons. The van der Waals surface area contributed by atoms with Crippen molar-refractivity contribution in [3.05, 3.63) is 28.8 Å². The summed E-state index contributed by atoms with van der Waals surface area (Å²) in [7, 11) is 4.62. The standard InChI is InChI=1S/C17H21N3O4S/c1-10(2)16-19-20-17(25-16)18-14(21)7-6-11-8-12(22-3)15(24-5)13(9-11)23-4/h6-10H,1-5H3,(H,18,20,21)/b7-6+. The van der Waals surface area contributed by atoms with Crippen LogP contribution in [0.15, 0.2) is 18.2 Å². The molecular weight excluding hydrogens is 342 g/mol. The van der Waals surface area contributed by atoms with Crippen molar-refractivity contribution in [2.24, 2.45) is 0 Å². The fourth-order valence-electron chi connectivity index (χ4n) is 2.03. The van der Waals surface area contributed by atoms with Crippen LogP contribution in [0.1, 0.15) is 30.3 Å². The molecule has 0 unspecified atom stereocenters. The lowest BCUT2D eigenvalue weighted by molar-refractivity contribution is -0.111. The normalized spacial score (nSPS) is 11.0. The molecule has 1 N–H and O–H groups in total. The van der Waals surface area contributed by atoms with E-state index >= 15 is 0 Å². The summed E-state index contributed by atoms with van der Waals surface area (Å²) in [5.74, 6) is 1.53. The topological polar surface area (TPSA) is 82.6 Å². The second-order valence-corrected chi connectivity index (χ2v) is 6.39. The van der Waals surface area contributed by atoms with Gasteiger partial charge in [0.1, 0.15) is 5.01 Å². The Bertz CT molecular complexity index is 746. The number of amides is 1. The molecule has 0 aliphatic rings. The number of nitrogens with zero attached hydrogens (tertiary/aromatic N) is 2. The minimum absolute atomic E-state index is 0.276. The minimum Gasteiger partial charge on any atom is -0.493 e. The maximum atomic E-state index is 12.1. The van der Waals surface area contributed by atoms with Crippen molar-refractivity contribution >= 4 is 28.5 Å². The van der Waals surface area contributed by atoms with Crippen LogP contribution in [0.5, 0.6) is 17.2 Å². The zero-order valence-corrected chi connectivity index (χ0v) is 15.6. The maximum Gasteiger partial charge on any atom is 0.250 e. The predicted molar refractivity (Wildman–Crippen MR) is 97.8 cm³/mol. The van der Waals surface area contributed by atoms with E-state index in [-0.39, 0.29) is 11.8 Å². The minimum atomic E-state index is -0.291. The first-order chi connectivity index (χ1) is 12.0. The Kier molecular flexibility index (Phi) is 6.35. The highest BCUT2D eigenvalue weighted by atomic mass is 32.1. The van der Waals surface area contributed by atoms with Gasteiger partial charge in [-0.2, -0.15) is 0 Å². The smallest absolute Gasteiger partial charge is 0.250 e. The number of ether oxygens (including phenoxy) is 3. The summed E-state index contributed by atoms with van der Waals surface area (Å²) in [4.78, 5) is 12.1. The average Bonchev–Trinajstić information content (AvgIpc) is 3.07. The Balaban J connectivity index is 2.13. The van der Waals surface area contributed by atoms with Gasteiger partial charge in [0, 0.05) is 12.0 Å². The van der Waals surface area contributed by atoms with Crippen LogP contribution in [0.4, 0.5) is 5.13 Å². The lowest BCUT2D eigenvalue weighted by atomic mass is 10.1. The van der Waals surface area contributed by atoms with Crippen molar-refractivity contribution in [2.75, 3.05) is 26.6 Å². The van der Waals surface area contributed by atoms with Crippen molar-refractivity contribution in [3.63, 3.8) is 0 Å². The number of nitrogens with one attached hydrogen (secondary N) is 1. The molecule has 0 aliphatic carbocycles. The largest absolute Gasteiger partial charge is 0.493 e. The van der Waals surface area contributed by atoms with Gasteiger partial charge in [0.15, 0.2) is 11.5 Å². The van der Waals surface area contributed by atoms with E-state index in [1.807, 2.05) is 13.8 Å². The van der Waals surface area contributed by atoms with Crippen LogP contribution in [0.3, 0.4) is 0 Å². The Hall–Kier alpha value is -2.61. The van der Waals surface area contributed by atoms with E-state index in [0.717, 1.165) is 10.6 Å². The zero-order chi connectivity index (χ0) is 18.4. The quantitative estimate of drug-likeness (QED) is 0.760. The first-order valence-corrected chi connectivity index (χ1v) is 8.42. The third-order valence-corrected chi connectivity index (χ3v) is 4.42. The molecule has 0 bridgehead atoms. The van der Waals surface area contributed by atoms with E-state index in [1.165, 1.54) is 24.5 Å². The molecule has 0 radical (unpaired) electrons. The van der Waals surface area contributed by atoms with Gasteiger partial charge in [0.05, 0.1) is 21.3 Å². The number of rotatable bonds is 7. The Morgan fingerprint density at radius 1 is 1.12 bits per heavy atom. The lowest BCUT2D eigenvalue weighted by Gasteiger charge is -2.12. The van der Waals surface area contributed by atoms with Crippen molar-refractivity contribution in [2.45, 2.75) is 19.8 Å². The van der Waals surface area contributed by atoms with Crippen molar-refractivity contribution in [3.8, 4) is 17.2 Å². The van der Waals surface area contributed by atoms with Gasteiger partial charge in [-0.25, -0.2) is 0 Å². The Morgan fingerprint density at radius 3 is 2.24 bits per heavy atom. The third kappa shape index (κ3) is 4.69. The van der Waals surface area contributed by atoms with E-state index in [9.17, 15) is 4.79 Å². The molecule has 2 rings (SSSR count). The molecule has 1 aromatic carbocycles. The number of hydrogen-bond acceptors (Lipinski definition) is 7. The summed E-state index contributed by atoms with van der Waals surface area (Å²) >= 11 is 1.36. The molecule has 0 atom stereocenters. The lowest BCUT2D eigenvalue weighted by Crippen LogP contribution is -2.07. The summed E-state index contributed by atoms with van der Waals surface area (Å²) in [6.45, 7) is 4.05. The Morgan fingerprint density at radius 2 is 1.76 bits per heavy atom. The fourth-order valence-corrected chi connectivity index (χ4v) is 2.78. The molecule has 1 amide bonds. The summed E-state index contributed by atoms with van der Waals surface area (Å²) < 4.78 is 15.9. The van der Waals surface area contributed by atoms with Gasteiger partial charge in [0.25, 0.3) is 0 Å². The molecule has 0 saturated carbocycles. The number of hydrogen-bond donors (Lipinski definition) is 1. The molecule has 8 heteroatoms. The third-order valence-electron chi connectivity index (χ3n) is 3.28. The van der Waals surface area contributed by atoms with E-state index in [2.05, 4.69) is 15.5 Å². The highest BCUT2D eigenvalue weighted by molar-refractivity contribution is 7.15. The second-order valence-electron chi connectivity index (χ2n) is 5.38. The number of benzene rings is 1. The van der Waals surface area contributed by atoms with E-state index in [1.54, 1.807) is 32.4 Å². The van der Waals surface area contributed by atoms with Crippen LogP contribution in [0, 0.1) is 0 Å². The number of methoxy groups -OCH3 is 3. The summed E-state index contributed by atoms with van der Waals surface area (Å²) in [6, 6.07) is 3.51. The van der Waals surface area contributed by atoms with Crippen LogP contribution in [0.2, 0.25) is 0 Å². The first kappa shape index (κ1) is 18.7. The second kappa shape index (κ2) is 8.48. The highest BCUT2D eigenvalue weighted by Crippen LogP contribution is 2.38. The number of carbonyl (C=O) groups excluding carboxylic acids is 1. The zero-order valence-electron chi connectivity index (χ0n) is 14.8. The first-order valence-electron chi connectivity index (χ1n) is 7.61. The van der Waals surface area contributed by atoms with Crippen LogP contribution in [-0.4, -0.2) is 37.4 Å². The Labute approximate surface area is 150 Å². The van der Waals surface area contributed by atoms with Crippen molar-refractivity contribution in [1.82, 2.24) is 10.2 Å². The molecule has 1 heterocycles. The van der Waals surface area contributed by atoms with Gasteiger partial charge in [0.2, 0.25) is 16.8 Å². The molecule has 7 nitrogen and oxygen atoms in total. The molecule has 0 aliphatic heterocycles. The van der Waals surface area contributed by atoms with Crippen LogP contribution < -0.4 is 19.5 Å². The maximum absolute atomic E-state index is 12.1. The molecule has 0 spiro atoms. The molecule has 0 saturated heterocycles. The average molecular weight is 363 g/mol. The molecule has 0 fully saturated rings.